The molecule has 2 N–H and O–H groups in total. The molecule has 110 valence electrons. The minimum absolute atomic E-state index is 0.408. The van der Waals surface area contributed by atoms with Gasteiger partial charge in [0.15, 0.2) is 5.16 Å². The maximum absolute atomic E-state index is 5.65. The molecule has 2 rings (SSSR count). The van der Waals surface area contributed by atoms with Crippen molar-refractivity contribution in [2.75, 3.05) is 0 Å². The maximum Gasteiger partial charge on any atom is 0.191 e. The summed E-state index contributed by atoms with van der Waals surface area (Å²) in [4.78, 5) is 4.32. The molecule has 0 unspecified atom stereocenters. The van der Waals surface area contributed by atoms with Gasteiger partial charge in [-0.05, 0) is 12.8 Å². The van der Waals surface area contributed by atoms with Gasteiger partial charge >= 0.3 is 0 Å². The highest BCUT2D eigenvalue weighted by atomic mass is 32.2. The summed E-state index contributed by atoms with van der Waals surface area (Å²) in [6.07, 6.45) is 1.61. The van der Waals surface area contributed by atoms with Gasteiger partial charge in [0.2, 0.25) is 0 Å². The van der Waals surface area contributed by atoms with Crippen LogP contribution in [0.1, 0.15) is 32.4 Å². The fourth-order valence-corrected chi connectivity index (χ4v) is 2.89. The van der Waals surface area contributed by atoms with Crippen LogP contribution >= 0.6 is 11.8 Å². The second-order valence-corrected chi connectivity index (χ2v) is 5.83. The molecular formula is C12H21N7S. The molecule has 0 amide bonds. The summed E-state index contributed by atoms with van der Waals surface area (Å²) in [7, 11) is 0. The highest BCUT2D eigenvalue weighted by Crippen LogP contribution is 2.21. The molecule has 0 aromatic carbocycles. The van der Waals surface area contributed by atoms with E-state index in [2.05, 4.69) is 41.1 Å². The fraction of sp³-hybridized carbons (Fsp3) is 0.667. The zero-order valence-electron chi connectivity index (χ0n) is 12.2. The summed E-state index contributed by atoms with van der Waals surface area (Å²) in [5.74, 6) is 3.06. The van der Waals surface area contributed by atoms with Crippen LogP contribution < -0.4 is 5.73 Å². The van der Waals surface area contributed by atoms with E-state index in [9.17, 15) is 0 Å². The minimum Gasteiger partial charge on any atom is -0.324 e. The topological polar surface area (TPSA) is 87.4 Å². The summed E-state index contributed by atoms with van der Waals surface area (Å²) in [5.41, 5.74) is 5.65. The van der Waals surface area contributed by atoms with E-state index in [4.69, 9.17) is 5.73 Å². The highest BCUT2D eigenvalue weighted by Gasteiger charge is 2.12. The Morgan fingerprint density at radius 2 is 2.10 bits per heavy atom. The van der Waals surface area contributed by atoms with Crippen LogP contribution in [0.4, 0.5) is 0 Å². The number of thioether (sulfide) groups is 1. The van der Waals surface area contributed by atoms with E-state index in [1.165, 1.54) is 0 Å². The third-order valence-electron chi connectivity index (χ3n) is 2.86. The van der Waals surface area contributed by atoms with Gasteiger partial charge in [-0.3, -0.25) is 0 Å². The molecule has 20 heavy (non-hydrogen) atoms. The van der Waals surface area contributed by atoms with Gasteiger partial charge in [0.25, 0.3) is 0 Å². The molecule has 7 nitrogen and oxygen atoms in total. The lowest BCUT2D eigenvalue weighted by Gasteiger charge is -2.08. The van der Waals surface area contributed by atoms with Gasteiger partial charge in [0.05, 0.1) is 12.3 Å². The van der Waals surface area contributed by atoms with Gasteiger partial charge in [-0.2, -0.15) is 5.10 Å². The third kappa shape index (κ3) is 3.37. The maximum atomic E-state index is 5.65. The molecule has 2 aromatic heterocycles. The molecule has 0 aliphatic carbocycles. The predicted molar refractivity (Wildman–Crippen MR) is 78.0 cm³/mol. The van der Waals surface area contributed by atoms with Crippen molar-refractivity contribution in [2.24, 2.45) is 11.7 Å². The highest BCUT2D eigenvalue weighted by molar-refractivity contribution is 7.98. The first-order chi connectivity index (χ1) is 9.65. The van der Waals surface area contributed by atoms with Crippen LogP contribution in [0.15, 0.2) is 11.5 Å². The van der Waals surface area contributed by atoms with Crippen molar-refractivity contribution in [3.63, 3.8) is 0 Å². The van der Waals surface area contributed by atoms with Crippen LogP contribution in [0.5, 0.6) is 0 Å². The summed E-state index contributed by atoms with van der Waals surface area (Å²) < 4.78 is 3.99. The molecule has 0 saturated carbocycles. The van der Waals surface area contributed by atoms with Crippen LogP contribution in [0.25, 0.3) is 0 Å². The SMILES string of the molecule is CCn1c(CN)nnc1SCc1ncnn1CC(C)C. The Bertz CT molecular complexity index is 546. The lowest BCUT2D eigenvalue weighted by Crippen LogP contribution is -2.10. The second kappa shape index (κ2) is 6.85. The standard InChI is InChI=1S/C12H21N7S/c1-4-18-10(5-13)16-17-12(18)20-7-11-14-8-15-19(11)6-9(2)3/h8-9H,4-7,13H2,1-3H3. The van der Waals surface area contributed by atoms with Crippen molar-refractivity contribution in [3.05, 3.63) is 18.0 Å². The van der Waals surface area contributed by atoms with Crippen LogP contribution in [0.3, 0.4) is 0 Å². The van der Waals surface area contributed by atoms with Crippen molar-refractivity contribution < 1.29 is 0 Å². The van der Waals surface area contributed by atoms with Gasteiger partial charge < -0.3 is 10.3 Å². The molecule has 8 heteroatoms. The normalized spacial score (nSPS) is 11.4. The Morgan fingerprint density at radius 1 is 1.30 bits per heavy atom. The first-order valence-electron chi connectivity index (χ1n) is 6.77. The van der Waals surface area contributed by atoms with E-state index in [1.807, 2.05) is 9.25 Å². The average Bonchev–Trinajstić information content (AvgIpc) is 3.01. The van der Waals surface area contributed by atoms with Crippen molar-refractivity contribution in [1.82, 2.24) is 29.5 Å². The van der Waals surface area contributed by atoms with Crippen LogP contribution in [-0.2, 0) is 25.4 Å². The van der Waals surface area contributed by atoms with Gasteiger partial charge in [-0.25, -0.2) is 9.67 Å². The van der Waals surface area contributed by atoms with Crippen molar-refractivity contribution in [3.8, 4) is 0 Å². The van der Waals surface area contributed by atoms with Gasteiger partial charge in [-0.15, -0.1) is 10.2 Å². The molecule has 0 aliphatic heterocycles. The average molecular weight is 295 g/mol. The number of hydrogen-bond acceptors (Lipinski definition) is 6. The second-order valence-electron chi connectivity index (χ2n) is 4.89. The largest absolute Gasteiger partial charge is 0.324 e. The molecule has 2 heterocycles. The lowest BCUT2D eigenvalue weighted by molar-refractivity contribution is 0.471. The molecule has 2 aromatic rings. The first kappa shape index (κ1) is 15.0. The quantitative estimate of drug-likeness (QED) is 0.775. The summed E-state index contributed by atoms with van der Waals surface area (Å²) in [6, 6.07) is 0. The van der Waals surface area contributed by atoms with Crippen molar-refractivity contribution in [2.45, 2.75) is 51.3 Å². The predicted octanol–water partition coefficient (Wildman–Crippen LogP) is 1.30. The molecule has 0 fully saturated rings. The van der Waals surface area contributed by atoms with E-state index in [0.29, 0.717) is 12.5 Å². The molecule has 0 aliphatic rings. The minimum atomic E-state index is 0.408. The van der Waals surface area contributed by atoms with E-state index in [-0.39, 0.29) is 0 Å². The van der Waals surface area contributed by atoms with E-state index < -0.39 is 0 Å². The van der Waals surface area contributed by atoms with Gasteiger partial charge in [0.1, 0.15) is 18.0 Å². The van der Waals surface area contributed by atoms with Crippen LogP contribution in [-0.4, -0.2) is 29.5 Å². The summed E-state index contributed by atoms with van der Waals surface area (Å²) in [6.45, 7) is 8.50. The zero-order chi connectivity index (χ0) is 14.5. The van der Waals surface area contributed by atoms with Crippen LogP contribution in [0, 0.1) is 5.92 Å². The van der Waals surface area contributed by atoms with E-state index >= 15 is 0 Å². The number of aromatic nitrogens is 6. The Balaban J connectivity index is 2.05. The third-order valence-corrected chi connectivity index (χ3v) is 3.82. The number of nitrogens with two attached hydrogens (primary N) is 1. The lowest BCUT2D eigenvalue weighted by atomic mass is 10.2. The zero-order valence-corrected chi connectivity index (χ0v) is 13.0. The Morgan fingerprint density at radius 3 is 2.75 bits per heavy atom. The fourth-order valence-electron chi connectivity index (χ4n) is 1.92. The van der Waals surface area contributed by atoms with E-state index in [1.54, 1.807) is 18.1 Å². The first-order valence-corrected chi connectivity index (χ1v) is 7.75. The molecule has 0 saturated heterocycles. The van der Waals surface area contributed by atoms with Crippen LogP contribution in [0.2, 0.25) is 0 Å². The van der Waals surface area contributed by atoms with Gasteiger partial charge in [0, 0.05) is 13.1 Å². The number of nitrogens with zero attached hydrogens (tertiary/aromatic N) is 6. The smallest absolute Gasteiger partial charge is 0.191 e. The summed E-state index contributed by atoms with van der Waals surface area (Å²) in [5, 5.41) is 13.4. The molecule has 0 spiro atoms. The molecular weight excluding hydrogens is 274 g/mol. The Hall–Kier alpha value is -1.41. The van der Waals surface area contributed by atoms with Gasteiger partial charge in [-0.1, -0.05) is 25.6 Å². The summed E-state index contributed by atoms with van der Waals surface area (Å²) >= 11 is 1.62. The molecule has 0 atom stereocenters. The Labute approximate surface area is 123 Å². The molecule has 0 radical (unpaired) electrons. The Kier molecular flexibility index (Phi) is 5.13. The number of rotatable bonds is 7. The number of hydrogen-bond donors (Lipinski definition) is 1. The van der Waals surface area contributed by atoms with Crippen molar-refractivity contribution >= 4 is 11.8 Å². The molecule has 0 bridgehead atoms. The monoisotopic (exact) mass is 295 g/mol. The van der Waals surface area contributed by atoms with Crippen molar-refractivity contribution in [1.29, 1.82) is 0 Å². The van der Waals surface area contributed by atoms with E-state index in [0.717, 1.165) is 35.6 Å².